The third-order valence-corrected chi connectivity index (χ3v) is 4.23. The zero-order chi connectivity index (χ0) is 18.5. The average molecular weight is 347 g/mol. The van der Waals surface area contributed by atoms with Crippen molar-refractivity contribution in [3.05, 3.63) is 77.6 Å². The molecule has 1 aromatic carbocycles. The lowest BCUT2D eigenvalue weighted by Crippen LogP contribution is -2.34. The second-order valence-electron chi connectivity index (χ2n) is 6.51. The number of benzene rings is 1. The van der Waals surface area contributed by atoms with Gasteiger partial charge in [0, 0.05) is 25.5 Å². The molecule has 6 heteroatoms. The summed E-state index contributed by atoms with van der Waals surface area (Å²) in [6, 6.07) is 15.4. The first kappa shape index (κ1) is 18.3. The molecule has 0 unspecified atom stereocenters. The molecule has 0 saturated carbocycles. The van der Waals surface area contributed by atoms with Crippen molar-refractivity contribution in [2.45, 2.75) is 20.0 Å². The summed E-state index contributed by atoms with van der Waals surface area (Å²) in [5.41, 5.74) is 5.44. The predicted molar refractivity (Wildman–Crippen MR) is 104 cm³/mol. The van der Waals surface area contributed by atoms with Crippen LogP contribution in [0, 0.1) is 6.92 Å². The van der Waals surface area contributed by atoms with Crippen LogP contribution in [-0.4, -0.2) is 39.1 Å². The van der Waals surface area contributed by atoms with E-state index in [2.05, 4.69) is 14.9 Å². The highest BCUT2D eigenvalue weighted by Gasteiger charge is 2.16. The average Bonchev–Trinajstić information content (AvgIpc) is 2.62. The molecule has 5 nitrogen and oxygen atoms in total. The van der Waals surface area contributed by atoms with Gasteiger partial charge in [-0.05, 0) is 60.4 Å². The molecular formula is C20H22BN3O2. The van der Waals surface area contributed by atoms with Crippen LogP contribution in [0.15, 0.2) is 60.9 Å². The standard InChI is InChI=1S/C20H22BN3O2/c1-15-7-9-22-19(11-15)20-12-16(8-10-23-20)13-24(2)14-17-5-3-4-6-18(17)21(25)26/h3-12,25-26H,13-14H2,1-2H3. The minimum atomic E-state index is -1.46. The van der Waals surface area contributed by atoms with Crippen LogP contribution < -0.4 is 5.46 Å². The van der Waals surface area contributed by atoms with Gasteiger partial charge in [0.25, 0.3) is 0 Å². The van der Waals surface area contributed by atoms with Crippen molar-refractivity contribution in [2.75, 3.05) is 7.05 Å². The molecule has 2 N–H and O–H groups in total. The van der Waals surface area contributed by atoms with Gasteiger partial charge in [0.05, 0.1) is 11.4 Å². The number of hydrogen-bond donors (Lipinski definition) is 2. The third-order valence-electron chi connectivity index (χ3n) is 4.23. The summed E-state index contributed by atoms with van der Waals surface area (Å²) in [6.07, 6.45) is 3.59. The van der Waals surface area contributed by atoms with Crippen LogP contribution in [0.1, 0.15) is 16.7 Å². The number of pyridine rings is 2. The Morgan fingerprint density at radius 1 is 0.923 bits per heavy atom. The summed E-state index contributed by atoms with van der Waals surface area (Å²) in [5.74, 6) is 0. The van der Waals surface area contributed by atoms with E-state index in [0.717, 1.165) is 34.6 Å². The number of hydrogen-bond acceptors (Lipinski definition) is 5. The molecule has 0 radical (unpaired) electrons. The van der Waals surface area contributed by atoms with E-state index in [0.29, 0.717) is 12.0 Å². The van der Waals surface area contributed by atoms with Gasteiger partial charge in [0.15, 0.2) is 0 Å². The van der Waals surface area contributed by atoms with E-state index >= 15 is 0 Å². The number of aromatic nitrogens is 2. The maximum atomic E-state index is 9.51. The Bertz CT molecular complexity index is 886. The lowest BCUT2D eigenvalue weighted by atomic mass is 9.77. The second kappa shape index (κ2) is 8.23. The van der Waals surface area contributed by atoms with Crippen LogP contribution >= 0.6 is 0 Å². The summed E-state index contributed by atoms with van der Waals surface area (Å²) >= 11 is 0. The van der Waals surface area contributed by atoms with Crippen LogP contribution in [0.5, 0.6) is 0 Å². The molecule has 0 atom stereocenters. The molecule has 2 heterocycles. The van der Waals surface area contributed by atoms with Gasteiger partial charge in [0.2, 0.25) is 0 Å². The van der Waals surface area contributed by atoms with E-state index in [1.54, 1.807) is 18.5 Å². The molecule has 3 aromatic rings. The van der Waals surface area contributed by atoms with Crippen LogP contribution in [0.3, 0.4) is 0 Å². The van der Waals surface area contributed by atoms with Crippen LogP contribution in [0.4, 0.5) is 0 Å². The molecule has 0 aliphatic rings. The normalized spacial score (nSPS) is 11.0. The summed E-state index contributed by atoms with van der Waals surface area (Å²) in [6.45, 7) is 3.38. The smallest absolute Gasteiger partial charge is 0.423 e. The molecule has 0 bridgehead atoms. The number of aryl methyl sites for hydroxylation is 1. The summed E-state index contributed by atoms with van der Waals surface area (Å²) in [7, 11) is 0.547. The number of nitrogens with zero attached hydrogens (tertiary/aromatic N) is 3. The van der Waals surface area contributed by atoms with Gasteiger partial charge in [0.1, 0.15) is 0 Å². The van der Waals surface area contributed by atoms with Gasteiger partial charge in [-0.2, -0.15) is 0 Å². The zero-order valence-corrected chi connectivity index (χ0v) is 15.0. The van der Waals surface area contributed by atoms with Gasteiger partial charge in [-0.25, -0.2) is 0 Å². The molecule has 2 aromatic heterocycles. The lowest BCUT2D eigenvalue weighted by Gasteiger charge is -2.19. The van der Waals surface area contributed by atoms with E-state index < -0.39 is 7.12 Å². The molecule has 3 rings (SSSR count). The second-order valence-corrected chi connectivity index (χ2v) is 6.51. The Labute approximate surface area is 154 Å². The van der Waals surface area contributed by atoms with Gasteiger partial charge in [-0.15, -0.1) is 0 Å². The van der Waals surface area contributed by atoms with Crippen LogP contribution in [0.25, 0.3) is 11.4 Å². The molecule has 26 heavy (non-hydrogen) atoms. The highest BCUT2D eigenvalue weighted by molar-refractivity contribution is 6.59. The largest absolute Gasteiger partial charge is 0.488 e. The molecular weight excluding hydrogens is 325 g/mol. The Kier molecular flexibility index (Phi) is 5.78. The van der Waals surface area contributed by atoms with Crippen molar-refractivity contribution in [1.29, 1.82) is 0 Å². The van der Waals surface area contributed by atoms with E-state index in [1.165, 1.54) is 0 Å². The van der Waals surface area contributed by atoms with Crippen LogP contribution in [0.2, 0.25) is 0 Å². The summed E-state index contributed by atoms with van der Waals surface area (Å²) in [5, 5.41) is 19.0. The van der Waals surface area contributed by atoms with Gasteiger partial charge in [-0.3, -0.25) is 14.9 Å². The fourth-order valence-corrected chi connectivity index (χ4v) is 2.98. The predicted octanol–water partition coefficient (Wildman–Crippen LogP) is 1.76. The summed E-state index contributed by atoms with van der Waals surface area (Å²) < 4.78 is 0. The Morgan fingerprint density at radius 3 is 2.35 bits per heavy atom. The fraction of sp³-hybridized carbons (Fsp3) is 0.200. The minimum Gasteiger partial charge on any atom is -0.423 e. The Balaban J connectivity index is 1.74. The maximum absolute atomic E-state index is 9.51. The fourth-order valence-electron chi connectivity index (χ4n) is 2.98. The van der Waals surface area contributed by atoms with E-state index in [1.807, 2.05) is 56.4 Å². The van der Waals surface area contributed by atoms with Gasteiger partial charge >= 0.3 is 7.12 Å². The summed E-state index contributed by atoms with van der Waals surface area (Å²) in [4.78, 5) is 11.0. The SMILES string of the molecule is Cc1ccnc(-c2cc(CN(C)Cc3ccccc3B(O)O)ccn2)c1. The lowest BCUT2D eigenvalue weighted by molar-refractivity contribution is 0.319. The first-order valence-electron chi connectivity index (χ1n) is 8.53. The molecule has 0 aliphatic heterocycles. The maximum Gasteiger partial charge on any atom is 0.488 e. The van der Waals surface area contributed by atoms with Crippen molar-refractivity contribution in [3.63, 3.8) is 0 Å². The first-order chi connectivity index (χ1) is 12.5. The molecule has 0 amide bonds. The van der Waals surface area contributed by atoms with E-state index in [4.69, 9.17) is 0 Å². The molecule has 132 valence electrons. The molecule has 0 spiro atoms. The molecule has 0 fully saturated rings. The van der Waals surface area contributed by atoms with Crippen molar-refractivity contribution in [1.82, 2.24) is 14.9 Å². The molecule has 0 aliphatic carbocycles. The first-order valence-corrected chi connectivity index (χ1v) is 8.53. The highest BCUT2D eigenvalue weighted by atomic mass is 16.4. The van der Waals surface area contributed by atoms with Crippen LogP contribution in [-0.2, 0) is 13.1 Å². The Morgan fingerprint density at radius 2 is 1.62 bits per heavy atom. The van der Waals surface area contributed by atoms with Gasteiger partial charge in [-0.1, -0.05) is 24.3 Å². The highest BCUT2D eigenvalue weighted by Crippen LogP contribution is 2.17. The van der Waals surface area contributed by atoms with Crippen molar-refractivity contribution in [3.8, 4) is 11.4 Å². The van der Waals surface area contributed by atoms with E-state index in [-0.39, 0.29) is 0 Å². The monoisotopic (exact) mass is 347 g/mol. The van der Waals surface area contributed by atoms with Crippen molar-refractivity contribution >= 4 is 12.6 Å². The van der Waals surface area contributed by atoms with Crippen molar-refractivity contribution < 1.29 is 10.0 Å². The minimum absolute atomic E-state index is 0.540. The van der Waals surface area contributed by atoms with E-state index in [9.17, 15) is 10.0 Å². The molecule has 0 saturated heterocycles. The topological polar surface area (TPSA) is 69.5 Å². The zero-order valence-electron chi connectivity index (χ0n) is 15.0. The third kappa shape index (κ3) is 4.55. The van der Waals surface area contributed by atoms with Crippen molar-refractivity contribution in [2.24, 2.45) is 0 Å². The van der Waals surface area contributed by atoms with Gasteiger partial charge < -0.3 is 10.0 Å². The Hall–Kier alpha value is -2.54. The quantitative estimate of drug-likeness (QED) is 0.665. The number of rotatable bonds is 6.